The van der Waals surface area contributed by atoms with Gasteiger partial charge in [0.15, 0.2) is 0 Å². The van der Waals surface area contributed by atoms with Gasteiger partial charge in [0.1, 0.15) is 0 Å². The zero-order valence-electron chi connectivity index (χ0n) is 12.0. The molecule has 2 aromatic carbocycles. The third-order valence-electron chi connectivity index (χ3n) is 2.92. The molecule has 0 radical (unpaired) electrons. The highest BCUT2D eigenvalue weighted by Crippen LogP contribution is 2.17. The molecule has 0 fully saturated rings. The van der Waals surface area contributed by atoms with Gasteiger partial charge in [-0.05, 0) is 42.6 Å². The van der Waals surface area contributed by atoms with Gasteiger partial charge in [-0.1, -0.05) is 41.1 Å². The Morgan fingerprint density at radius 3 is 2.19 bits per heavy atom. The standard InChI is InChI=1S/C15H17N3O2S/c1-3-18(14-11-9-13(2)10-12-14)16-17-21(19,20)15-7-5-4-6-8-15/h4-12H,3H2,1-2H3. The van der Waals surface area contributed by atoms with E-state index in [1.807, 2.05) is 38.1 Å². The van der Waals surface area contributed by atoms with Gasteiger partial charge in [0, 0.05) is 6.54 Å². The molecule has 0 amide bonds. The Morgan fingerprint density at radius 1 is 1.00 bits per heavy atom. The van der Waals surface area contributed by atoms with Gasteiger partial charge in [-0.25, -0.2) is 5.01 Å². The first-order valence-electron chi connectivity index (χ1n) is 6.60. The fourth-order valence-corrected chi connectivity index (χ4v) is 2.53. The molecule has 0 aromatic heterocycles. The predicted molar refractivity (Wildman–Crippen MR) is 82.7 cm³/mol. The highest BCUT2D eigenvalue weighted by molar-refractivity contribution is 7.90. The molecular weight excluding hydrogens is 286 g/mol. The fraction of sp³-hybridized carbons (Fsp3) is 0.200. The first kappa shape index (κ1) is 15.2. The zero-order chi connectivity index (χ0) is 15.3. The van der Waals surface area contributed by atoms with Crippen molar-refractivity contribution in [1.29, 1.82) is 0 Å². The molecule has 110 valence electrons. The molecule has 0 heterocycles. The molecule has 0 atom stereocenters. The van der Waals surface area contributed by atoms with E-state index in [0.717, 1.165) is 11.3 Å². The lowest BCUT2D eigenvalue weighted by molar-refractivity contribution is 0.593. The van der Waals surface area contributed by atoms with Crippen LogP contribution >= 0.6 is 0 Å². The maximum atomic E-state index is 12.1. The summed E-state index contributed by atoms with van der Waals surface area (Å²) in [6.07, 6.45) is 0. The summed E-state index contributed by atoms with van der Waals surface area (Å²) >= 11 is 0. The van der Waals surface area contributed by atoms with Crippen molar-refractivity contribution in [3.63, 3.8) is 0 Å². The van der Waals surface area contributed by atoms with Crippen LogP contribution in [0.4, 0.5) is 5.69 Å². The SMILES string of the molecule is CCN(N=NS(=O)(=O)c1ccccc1)c1ccc(C)cc1. The van der Waals surface area contributed by atoms with Gasteiger partial charge in [-0.15, -0.1) is 0 Å². The fourth-order valence-electron chi connectivity index (χ4n) is 1.75. The molecule has 21 heavy (non-hydrogen) atoms. The number of sulfonamides is 1. The Labute approximate surface area is 125 Å². The molecule has 5 nitrogen and oxygen atoms in total. The van der Waals surface area contributed by atoms with E-state index in [2.05, 4.69) is 9.74 Å². The largest absolute Gasteiger partial charge is 0.301 e. The average molecular weight is 303 g/mol. The van der Waals surface area contributed by atoms with Crippen LogP contribution in [0.25, 0.3) is 0 Å². The lowest BCUT2D eigenvalue weighted by Gasteiger charge is -2.15. The van der Waals surface area contributed by atoms with Crippen molar-refractivity contribution in [2.45, 2.75) is 18.7 Å². The summed E-state index contributed by atoms with van der Waals surface area (Å²) in [5, 5.41) is 5.40. The lowest BCUT2D eigenvalue weighted by Crippen LogP contribution is -2.15. The van der Waals surface area contributed by atoms with Gasteiger partial charge in [-0.3, -0.25) is 0 Å². The summed E-state index contributed by atoms with van der Waals surface area (Å²) in [5.74, 6) is 0. The molecular formula is C15H17N3O2S. The molecule has 2 rings (SSSR count). The van der Waals surface area contributed by atoms with Crippen LogP contribution in [0.3, 0.4) is 0 Å². The second-order valence-electron chi connectivity index (χ2n) is 4.51. The summed E-state index contributed by atoms with van der Waals surface area (Å²) in [4.78, 5) is 0.133. The van der Waals surface area contributed by atoms with E-state index in [1.165, 1.54) is 12.1 Å². The topological polar surface area (TPSA) is 62.1 Å². The average Bonchev–Trinajstić information content (AvgIpc) is 2.50. The summed E-state index contributed by atoms with van der Waals surface area (Å²) < 4.78 is 27.6. The summed E-state index contributed by atoms with van der Waals surface area (Å²) in [7, 11) is -3.76. The molecule has 0 aliphatic heterocycles. The first-order valence-corrected chi connectivity index (χ1v) is 8.04. The van der Waals surface area contributed by atoms with Crippen LogP contribution in [-0.4, -0.2) is 15.0 Å². The minimum atomic E-state index is -3.76. The van der Waals surface area contributed by atoms with Crippen LogP contribution in [0.2, 0.25) is 0 Å². The summed E-state index contributed by atoms with van der Waals surface area (Å²) in [6.45, 7) is 4.40. The molecule has 2 aromatic rings. The van der Waals surface area contributed by atoms with Gasteiger partial charge in [0.05, 0.1) is 10.6 Å². The van der Waals surface area contributed by atoms with Crippen molar-refractivity contribution < 1.29 is 8.42 Å². The number of benzene rings is 2. The van der Waals surface area contributed by atoms with Crippen molar-refractivity contribution in [2.75, 3.05) is 11.6 Å². The Morgan fingerprint density at radius 2 is 1.62 bits per heavy atom. The van der Waals surface area contributed by atoms with Gasteiger partial charge < -0.3 is 0 Å². The third kappa shape index (κ3) is 3.88. The van der Waals surface area contributed by atoms with E-state index in [0.29, 0.717) is 6.54 Å². The molecule has 0 aliphatic carbocycles. The van der Waals surface area contributed by atoms with Crippen LogP contribution in [0.15, 0.2) is 69.2 Å². The molecule has 6 heteroatoms. The molecule has 0 N–H and O–H groups in total. The highest BCUT2D eigenvalue weighted by Gasteiger charge is 2.13. The van der Waals surface area contributed by atoms with Crippen LogP contribution in [-0.2, 0) is 10.0 Å². The smallest absolute Gasteiger partial charge is 0.247 e. The van der Waals surface area contributed by atoms with E-state index >= 15 is 0 Å². The van der Waals surface area contributed by atoms with Crippen molar-refractivity contribution in [3.8, 4) is 0 Å². The number of aryl methyl sites for hydroxylation is 1. The Hall–Kier alpha value is -2.21. The first-order chi connectivity index (χ1) is 10.0. The number of hydrogen-bond donors (Lipinski definition) is 0. The number of nitrogens with zero attached hydrogens (tertiary/aromatic N) is 3. The lowest BCUT2D eigenvalue weighted by atomic mass is 10.2. The van der Waals surface area contributed by atoms with E-state index in [4.69, 9.17) is 0 Å². The van der Waals surface area contributed by atoms with Crippen LogP contribution < -0.4 is 5.01 Å². The molecule has 0 saturated heterocycles. The number of rotatable bonds is 5. The quantitative estimate of drug-likeness (QED) is 0.626. The van der Waals surface area contributed by atoms with E-state index in [-0.39, 0.29) is 4.90 Å². The highest BCUT2D eigenvalue weighted by atomic mass is 32.2. The minimum absolute atomic E-state index is 0.133. The van der Waals surface area contributed by atoms with Crippen molar-refractivity contribution >= 4 is 15.7 Å². The number of hydrogen-bond acceptors (Lipinski definition) is 3. The van der Waals surface area contributed by atoms with Gasteiger partial charge in [0.25, 0.3) is 0 Å². The maximum absolute atomic E-state index is 12.1. The Balaban J connectivity index is 2.24. The molecule has 0 saturated carbocycles. The van der Waals surface area contributed by atoms with Gasteiger partial charge in [0.2, 0.25) is 0 Å². The van der Waals surface area contributed by atoms with E-state index in [9.17, 15) is 8.42 Å². The third-order valence-corrected chi connectivity index (χ3v) is 4.08. The van der Waals surface area contributed by atoms with Crippen molar-refractivity contribution in [3.05, 3.63) is 60.2 Å². The predicted octanol–water partition coefficient (Wildman–Crippen LogP) is 3.58. The zero-order valence-corrected chi connectivity index (χ0v) is 12.8. The summed E-state index contributed by atoms with van der Waals surface area (Å²) in [6, 6.07) is 15.7. The van der Waals surface area contributed by atoms with Crippen molar-refractivity contribution in [1.82, 2.24) is 0 Å². The monoisotopic (exact) mass is 303 g/mol. The Bertz CT molecular complexity index is 710. The second kappa shape index (κ2) is 6.49. The molecule has 0 bridgehead atoms. The second-order valence-corrected chi connectivity index (χ2v) is 6.10. The van der Waals surface area contributed by atoms with Gasteiger partial charge >= 0.3 is 10.0 Å². The minimum Gasteiger partial charge on any atom is -0.247 e. The molecule has 0 unspecified atom stereocenters. The van der Waals surface area contributed by atoms with E-state index < -0.39 is 10.0 Å². The number of anilines is 1. The Kier molecular flexibility index (Phi) is 4.70. The van der Waals surface area contributed by atoms with Crippen LogP contribution in [0, 0.1) is 6.92 Å². The van der Waals surface area contributed by atoms with Gasteiger partial charge in [-0.2, -0.15) is 8.42 Å². The molecule has 0 spiro atoms. The molecule has 0 aliphatic rings. The maximum Gasteiger partial charge on any atom is 0.301 e. The van der Waals surface area contributed by atoms with E-state index in [1.54, 1.807) is 23.2 Å². The van der Waals surface area contributed by atoms with Crippen LogP contribution in [0.5, 0.6) is 0 Å². The van der Waals surface area contributed by atoms with Crippen LogP contribution in [0.1, 0.15) is 12.5 Å². The normalized spacial score (nSPS) is 11.7. The summed E-state index contributed by atoms with van der Waals surface area (Å²) in [5.41, 5.74) is 1.93. The van der Waals surface area contributed by atoms with Crippen molar-refractivity contribution in [2.24, 2.45) is 9.74 Å².